The van der Waals surface area contributed by atoms with E-state index in [1.165, 1.54) is 25.7 Å². The number of hydrogen-bond acceptors (Lipinski definition) is 1. The summed E-state index contributed by atoms with van der Waals surface area (Å²) >= 11 is 0. The van der Waals surface area contributed by atoms with Crippen LogP contribution in [-0.2, 0) is 4.74 Å². The maximum atomic E-state index is 5.07. The molecule has 0 spiro atoms. The van der Waals surface area contributed by atoms with Gasteiger partial charge in [-0.05, 0) is 13.3 Å². The first-order valence-corrected chi connectivity index (χ1v) is 3.78. The highest BCUT2D eigenvalue weighted by Gasteiger charge is 1.85. The Bertz CT molecular complexity index is 37.8. The molecule has 1 radical (unpaired) electrons. The Morgan fingerprint density at radius 3 is 2.56 bits per heavy atom. The van der Waals surface area contributed by atoms with Gasteiger partial charge in [0.25, 0.3) is 0 Å². The molecule has 9 heavy (non-hydrogen) atoms. The smallest absolute Gasteiger partial charge is 0.0466 e. The van der Waals surface area contributed by atoms with Crippen molar-refractivity contribution in [3.8, 4) is 0 Å². The predicted molar refractivity (Wildman–Crippen MR) is 40.3 cm³/mol. The summed E-state index contributed by atoms with van der Waals surface area (Å²) < 4.78 is 5.07. The predicted octanol–water partition coefficient (Wildman–Crippen LogP) is 2.42. The van der Waals surface area contributed by atoms with Crippen LogP contribution in [0.5, 0.6) is 0 Å². The maximum absolute atomic E-state index is 5.07. The normalized spacial score (nSPS) is 10.0. The molecule has 0 bridgehead atoms. The average Bonchev–Trinajstić information content (AvgIpc) is 1.89. The number of ether oxygens (including phenoxy) is 1. The molecule has 0 heterocycles. The van der Waals surface area contributed by atoms with E-state index in [9.17, 15) is 0 Å². The molecule has 0 aliphatic heterocycles. The first-order valence-electron chi connectivity index (χ1n) is 3.78. The van der Waals surface area contributed by atoms with Crippen LogP contribution >= 0.6 is 0 Å². The maximum Gasteiger partial charge on any atom is 0.0466 e. The van der Waals surface area contributed by atoms with Crippen LogP contribution in [0.3, 0.4) is 0 Å². The van der Waals surface area contributed by atoms with Gasteiger partial charge < -0.3 is 4.74 Å². The van der Waals surface area contributed by atoms with Gasteiger partial charge in [0.1, 0.15) is 0 Å². The Balaban J connectivity index is 2.60. The van der Waals surface area contributed by atoms with Crippen molar-refractivity contribution in [2.45, 2.75) is 32.6 Å². The second-order valence-corrected chi connectivity index (χ2v) is 2.17. The van der Waals surface area contributed by atoms with E-state index in [4.69, 9.17) is 4.74 Å². The van der Waals surface area contributed by atoms with Crippen molar-refractivity contribution in [1.29, 1.82) is 0 Å². The van der Waals surface area contributed by atoms with Crippen LogP contribution in [0, 0.1) is 6.92 Å². The minimum absolute atomic E-state index is 0.617. The molecule has 0 aliphatic rings. The second-order valence-electron chi connectivity index (χ2n) is 2.17. The fourth-order valence-corrected chi connectivity index (χ4v) is 0.733. The van der Waals surface area contributed by atoms with Crippen LogP contribution in [0.25, 0.3) is 0 Å². The van der Waals surface area contributed by atoms with Gasteiger partial charge in [-0.15, -0.1) is 0 Å². The highest BCUT2D eigenvalue weighted by Crippen LogP contribution is 1.98. The van der Waals surface area contributed by atoms with Crippen LogP contribution < -0.4 is 0 Å². The van der Waals surface area contributed by atoms with Crippen molar-refractivity contribution < 1.29 is 4.74 Å². The minimum Gasteiger partial charge on any atom is -0.381 e. The quantitative estimate of drug-likeness (QED) is 0.500. The van der Waals surface area contributed by atoms with Gasteiger partial charge in [0, 0.05) is 13.2 Å². The zero-order valence-corrected chi connectivity index (χ0v) is 6.36. The van der Waals surface area contributed by atoms with Gasteiger partial charge >= 0.3 is 0 Å². The Morgan fingerprint density at radius 1 is 1.22 bits per heavy atom. The van der Waals surface area contributed by atoms with Crippen LogP contribution in [-0.4, -0.2) is 13.2 Å². The third kappa shape index (κ3) is 7.96. The molecular weight excluding hydrogens is 112 g/mol. The van der Waals surface area contributed by atoms with Gasteiger partial charge in [-0.1, -0.05) is 26.2 Å². The lowest BCUT2D eigenvalue weighted by molar-refractivity contribution is 0.156. The minimum atomic E-state index is 0.617. The first-order chi connectivity index (χ1) is 4.41. The molecule has 0 N–H and O–H groups in total. The van der Waals surface area contributed by atoms with Crippen molar-refractivity contribution in [1.82, 2.24) is 0 Å². The number of rotatable bonds is 6. The molecule has 0 saturated carbocycles. The van der Waals surface area contributed by atoms with E-state index in [1.54, 1.807) is 0 Å². The van der Waals surface area contributed by atoms with Gasteiger partial charge in [-0.2, -0.15) is 0 Å². The lowest BCUT2D eigenvalue weighted by atomic mass is 10.2. The van der Waals surface area contributed by atoms with Crippen LogP contribution in [0.4, 0.5) is 0 Å². The fraction of sp³-hybridized carbons (Fsp3) is 0.875. The molecule has 0 aromatic carbocycles. The number of hydrogen-bond donors (Lipinski definition) is 0. The van der Waals surface area contributed by atoms with Crippen molar-refractivity contribution in [3.05, 3.63) is 6.92 Å². The van der Waals surface area contributed by atoms with E-state index in [0.29, 0.717) is 6.61 Å². The molecule has 0 aromatic heterocycles. The third-order valence-corrected chi connectivity index (χ3v) is 1.29. The molecule has 1 nitrogen and oxygen atoms in total. The lowest BCUT2D eigenvalue weighted by Gasteiger charge is -1.98. The number of unbranched alkanes of at least 4 members (excludes halogenated alkanes) is 3. The summed E-state index contributed by atoms with van der Waals surface area (Å²) in [6, 6.07) is 0. The molecule has 0 aromatic rings. The first kappa shape index (κ1) is 8.96. The van der Waals surface area contributed by atoms with Crippen LogP contribution in [0.15, 0.2) is 0 Å². The fourth-order valence-electron chi connectivity index (χ4n) is 0.733. The topological polar surface area (TPSA) is 9.23 Å². The van der Waals surface area contributed by atoms with Gasteiger partial charge in [-0.25, -0.2) is 0 Å². The van der Waals surface area contributed by atoms with E-state index in [1.807, 2.05) is 0 Å². The standard InChI is InChI=1S/C8H17O/c1-3-5-6-7-8-9-4-2/h2-8H2,1H3. The second kappa shape index (κ2) is 7.96. The van der Waals surface area contributed by atoms with Crippen molar-refractivity contribution >= 4 is 0 Å². The summed E-state index contributed by atoms with van der Waals surface area (Å²) in [5.74, 6) is 0. The lowest BCUT2D eigenvalue weighted by Crippen LogP contribution is -1.92. The van der Waals surface area contributed by atoms with Gasteiger partial charge in [-0.3, -0.25) is 0 Å². The van der Waals surface area contributed by atoms with E-state index < -0.39 is 0 Å². The summed E-state index contributed by atoms with van der Waals surface area (Å²) in [6.45, 7) is 7.30. The molecule has 0 amide bonds. The van der Waals surface area contributed by atoms with Crippen molar-refractivity contribution in [3.63, 3.8) is 0 Å². The largest absolute Gasteiger partial charge is 0.381 e. The Kier molecular flexibility index (Phi) is 7.92. The summed E-state index contributed by atoms with van der Waals surface area (Å²) in [5, 5.41) is 0. The van der Waals surface area contributed by atoms with Crippen molar-refractivity contribution in [2.75, 3.05) is 13.2 Å². The van der Waals surface area contributed by atoms with E-state index in [2.05, 4.69) is 13.8 Å². The van der Waals surface area contributed by atoms with Gasteiger partial charge in [0.2, 0.25) is 0 Å². The molecule has 0 atom stereocenters. The van der Waals surface area contributed by atoms with E-state index in [-0.39, 0.29) is 0 Å². The van der Waals surface area contributed by atoms with Gasteiger partial charge in [0.05, 0.1) is 0 Å². The van der Waals surface area contributed by atoms with Crippen LogP contribution in [0.2, 0.25) is 0 Å². The molecule has 0 rings (SSSR count). The SMILES string of the molecule is [CH2]COCCCCCC. The van der Waals surface area contributed by atoms with E-state index >= 15 is 0 Å². The summed E-state index contributed by atoms with van der Waals surface area (Å²) in [4.78, 5) is 0. The summed E-state index contributed by atoms with van der Waals surface area (Å²) in [7, 11) is 0. The molecule has 55 valence electrons. The highest BCUT2D eigenvalue weighted by molar-refractivity contribution is 4.39. The molecular formula is C8H17O. The van der Waals surface area contributed by atoms with Gasteiger partial charge in [0.15, 0.2) is 0 Å². The summed E-state index contributed by atoms with van der Waals surface area (Å²) in [6.07, 6.45) is 5.13. The average molecular weight is 129 g/mol. The molecule has 0 aliphatic carbocycles. The third-order valence-electron chi connectivity index (χ3n) is 1.29. The Hall–Kier alpha value is -0.0400. The highest BCUT2D eigenvalue weighted by atomic mass is 16.5. The zero-order chi connectivity index (χ0) is 6.95. The molecule has 0 fully saturated rings. The molecule has 0 saturated heterocycles. The molecule has 1 heteroatoms. The zero-order valence-electron chi connectivity index (χ0n) is 6.36. The molecule has 0 unspecified atom stereocenters. The van der Waals surface area contributed by atoms with E-state index in [0.717, 1.165) is 6.61 Å². The van der Waals surface area contributed by atoms with Crippen molar-refractivity contribution in [2.24, 2.45) is 0 Å². The monoisotopic (exact) mass is 129 g/mol. The Labute approximate surface area is 58.4 Å². The van der Waals surface area contributed by atoms with Crippen LogP contribution in [0.1, 0.15) is 32.6 Å². The Morgan fingerprint density at radius 2 is 2.00 bits per heavy atom. The summed E-state index contributed by atoms with van der Waals surface area (Å²) in [5.41, 5.74) is 0.